The van der Waals surface area contributed by atoms with E-state index in [1.165, 1.54) is 45.3 Å². The third-order valence-corrected chi connectivity index (χ3v) is 13.0. The van der Waals surface area contributed by atoms with Crippen molar-refractivity contribution in [2.75, 3.05) is 39.8 Å². The first-order valence-corrected chi connectivity index (χ1v) is 23.9. The SMILES string of the molecule is CC(C)C[C@H](NC(=O)C(CCc1ccccc1)CC(=O)CCCCCCCCCN1CCN(C)CC1)C(=O)C[C@@H](Cc1ccccc1)C(=O)N[C@@H](CC(C)C)C(=O)C1(C)CC1. The van der Waals surface area contributed by atoms with E-state index in [0.717, 1.165) is 56.3 Å². The molecule has 2 amide bonds. The second-order valence-corrected chi connectivity index (χ2v) is 19.7. The van der Waals surface area contributed by atoms with Crippen LogP contribution < -0.4 is 10.6 Å². The van der Waals surface area contributed by atoms with E-state index in [4.69, 9.17) is 0 Å². The molecule has 1 saturated carbocycles. The maximum Gasteiger partial charge on any atom is 0.224 e. The minimum atomic E-state index is -0.798. The minimum absolute atomic E-state index is 0.0673. The fraction of sp³-hybridized carbons (Fsp3) is 0.673. The summed E-state index contributed by atoms with van der Waals surface area (Å²) in [5, 5.41) is 6.20. The summed E-state index contributed by atoms with van der Waals surface area (Å²) in [4.78, 5) is 74.7. The van der Waals surface area contributed by atoms with Gasteiger partial charge in [0.05, 0.1) is 12.1 Å². The molecule has 0 bridgehead atoms. The van der Waals surface area contributed by atoms with Crippen molar-refractivity contribution in [3.63, 3.8) is 0 Å². The van der Waals surface area contributed by atoms with Crippen molar-refractivity contribution >= 4 is 29.2 Å². The molecule has 2 aromatic rings. The number of carbonyl (C=O) groups excluding carboxylic acids is 5. The van der Waals surface area contributed by atoms with Crippen LogP contribution in [0.1, 0.15) is 142 Å². The zero-order chi connectivity index (χ0) is 44.2. The number of aryl methyl sites for hydroxylation is 1. The highest BCUT2D eigenvalue weighted by molar-refractivity contribution is 5.97. The number of carbonyl (C=O) groups is 5. The van der Waals surface area contributed by atoms with E-state index < -0.39 is 29.3 Å². The highest BCUT2D eigenvalue weighted by atomic mass is 16.2. The van der Waals surface area contributed by atoms with Crippen LogP contribution in [-0.2, 0) is 36.8 Å². The van der Waals surface area contributed by atoms with Crippen molar-refractivity contribution in [3.8, 4) is 0 Å². The van der Waals surface area contributed by atoms with Gasteiger partial charge in [0.2, 0.25) is 11.8 Å². The molecule has 0 radical (unpaired) electrons. The van der Waals surface area contributed by atoms with Gasteiger partial charge < -0.3 is 20.4 Å². The summed E-state index contributed by atoms with van der Waals surface area (Å²) in [7, 11) is 2.19. The molecule has 2 N–H and O–H groups in total. The van der Waals surface area contributed by atoms with Crippen molar-refractivity contribution in [1.82, 2.24) is 20.4 Å². The first-order chi connectivity index (χ1) is 29.2. The van der Waals surface area contributed by atoms with Gasteiger partial charge in [-0.2, -0.15) is 0 Å². The molecule has 1 aliphatic heterocycles. The molecule has 9 heteroatoms. The monoisotopic (exact) mass is 841 g/mol. The molecule has 338 valence electrons. The molecule has 1 aliphatic carbocycles. The van der Waals surface area contributed by atoms with Crippen LogP contribution in [0.25, 0.3) is 0 Å². The van der Waals surface area contributed by atoms with Crippen LogP contribution in [0.4, 0.5) is 0 Å². The second kappa shape index (κ2) is 26.1. The Morgan fingerprint density at radius 2 is 1.16 bits per heavy atom. The summed E-state index contributed by atoms with van der Waals surface area (Å²) in [5.74, 6) is -1.59. The first-order valence-electron chi connectivity index (χ1n) is 23.9. The molecule has 1 unspecified atom stereocenters. The lowest BCUT2D eigenvalue weighted by Gasteiger charge is -2.32. The molecule has 2 fully saturated rings. The predicted octanol–water partition coefficient (Wildman–Crippen LogP) is 8.81. The molecular formula is C52H80N4O5. The number of hydrogen-bond donors (Lipinski definition) is 2. The average molecular weight is 841 g/mol. The van der Waals surface area contributed by atoms with E-state index in [1.54, 1.807) is 0 Å². The number of benzene rings is 2. The summed E-state index contributed by atoms with van der Waals surface area (Å²) in [6, 6.07) is 18.3. The predicted molar refractivity (Wildman–Crippen MR) is 247 cm³/mol. The molecule has 4 rings (SSSR count). The lowest BCUT2D eigenvalue weighted by atomic mass is 9.87. The van der Waals surface area contributed by atoms with E-state index in [0.29, 0.717) is 38.5 Å². The average Bonchev–Trinajstić information content (AvgIpc) is 3.99. The first kappa shape index (κ1) is 50.0. The Balaban J connectivity index is 1.36. The third-order valence-electron chi connectivity index (χ3n) is 13.0. The molecule has 2 aromatic carbocycles. The quantitative estimate of drug-likeness (QED) is 0.0756. The molecule has 0 aromatic heterocycles. The Hall–Kier alpha value is -3.69. The summed E-state index contributed by atoms with van der Waals surface area (Å²) in [6.45, 7) is 16.0. The van der Waals surface area contributed by atoms with Gasteiger partial charge in [0.1, 0.15) is 5.78 Å². The fourth-order valence-electron chi connectivity index (χ4n) is 8.72. The number of nitrogens with zero attached hydrogens (tertiary/aromatic N) is 2. The Labute approximate surface area is 369 Å². The van der Waals surface area contributed by atoms with Crippen LogP contribution in [0.2, 0.25) is 0 Å². The van der Waals surface area contributed by atoms with Gasteiger partial charge in [-0.15, -0.1) is 0 Å². The number of unbranched alkanes of at least 4 members (excludes halogenated alkanes) is 6. The molecule has 61 heavy (non-hydrogen) atoms. The maximum atomic E-state index is 14.3. The Kier molecular flexibility index (Phi) is 21.3. The van der Waals surface area contributed by atoms with E-state index >= 15 is 0 Å². The zero-order valence-corrected chi connectivity index (χ0v) is 38.7. The van der Waals surface area contributed by atoms with Gasteiger partial charge in [0, 0.05) is 62.7 Å². The van der Waals surface area contributed by atoms with Crippen molar-refractivity contribution in [1.29, 1.82) is 0 Å². The lowest BCUT2D eigenvalue weighted by molar-refractivity contribution is -0.135. The number of rotatable bonds is 30. The third kappa shape index (κ3) is 18.7. The standard InChI is InChI=1S/C52H80N4O5/c1-39(2)34-46(48(58)38-44(36-42-22-16-13-17-23-42)51(61)54-47(35-40(3)4)49(59)52(5)27-28-52)53-50(60)43(26-25-41-20-14-12-15-21-41)37-45(57)24-18-10-8-7-9-11-19-29-56-32-30-55(6)31-33-56/h12-17,20-23,39-40,43-44,46-47H,7-11,18-19,24-38H2,1-6H3,(H,53,60)(H,54,61)/t43?,44-,46+,47+/m1/s1. The van der Waals surface area contributed by atoms with E-state index in [-0.39, 0.29) is 53.8 Å². The van der Waals surface area contributed by atoms with Crippen LogP contribution in [0.15, 0.2) is 60.7 Å². The zero-order valence-electron chi connectivity index (χ0n) is 38.7. The van der Waals surface area contributed by atoms with Crippen LogP contribution in [0, 0.1) is 29.1 Å². The number of nitrogens with one attached hydrogen (secondary N) is 2. The lowest BCUT2D eigenvalue weighted by Crippen LogP contribution is -2.49. The van der Waals surface area contributed by atoms with E-state index in [2.05, 4.69) is 27.5 Å². The highest BCUT2D eigenvalue weighted by Gasteiger charge is 2.48. The Morgan fingerprint density at radius 1 is 0.639 bits per heavy atom. The number of piperazine rings is 1. The van der Waals surface area contributed by atoms with E-state index in [9.17, 15) is 24.0 Å². The Bertz CT molecular complexity index is 1630. The summed E-state index contributed by atoms with van der Waals surface area (Å²) in [5.41, 5.74) is 1.63. The molecule has 4 atom stereocenters. The number of amides is 2. The van der Waals surface area contributed by atoms with E-state index in [1.807, 2.05) is 95.3 Å². The van der Waals surface area contributed by atoms with Crippen LogP contribution >= 0.6 is 0 Å². The highest BCUT2D eigenvalue weighted by Crippen LogP contribution is 2.47. The normalized spacial score (nSPS) is 17.4. The summed E-state index contributed by atoms with van der Waals surface area (Å²) in [6.07, 6.45) is 12.5. The number of ketones is 3. The van der Waals surface area contributed by atoms with Crippen LogP contribution in [0.3, 0.4) is 0 Å². The molecule has 2 aliphatic rings. The molecule has 0 spiro atoms. The van der Waals surface area contributed by atoms with Crippen molar-refractivity contribution in [2.45, 2.75) is 156 Å². The number of hydrogen-bond acceptors (Lipinski definition) is 7. The second-order valence-electron chi connectivity index (χ2n) is 19.7. The summed E-state index contributed by atoms with van der Waals surface area (Å²) >= 11 is 0. The fourth-order valence-corrected chi connectivity index (χ4v) is 8.72. The van der Waals surface area contributed by atoms with Gasteiger partial charge in [0.15, 0.2) is 11.6 Å². The smallest absolute Gasteiger partial charge is 0.224 e. The van der Waals surface area contributed by atoms with Crippen LogP contribution in [0.5, 0.6) is 0 Å². The van der Waals surface area contributed by atoms with Crippen molar-refractivity contribution in [2.24, 2.45) is 29.1 Å². The molecule has 1 heterocycles. The van der Waals surface area contributed by atoms with Gasteiger partial charge in [0.25, 0.3) is 0 Å². The van der Waals surface area contributed by atoms with Gasteiger partial charge in [-0.05, 0) is 94.3 Å². The van der Waals surface area contributed by atoms with Crippen LogP contribution in [-0.4, -0.2) is 90.8 Å². The largest absolute Gasteiger partial charge is 0.346 e. The molecular weight excluding hydrogens is 761 g/mol. The van der Waals surface area contributed by atoms with Gasteiger partial charge in [-0.1, -0.05) is 127 Å². The molecule has 1 saturated heterocycles. The van der Waals surface area contributed by atoms with Gasteiger partial charge in [-0.3, -0.25) is 24.0 Å². The van der Waals surface area contributed by atoms with Gasteiger partial charge >= 0.3 is 0 Å². The Morgan fingerprint density at radius 3 is 1.75 bits per heavy atom. The topological polar surface area (TPSA) is 116 Å². The number of likely N-dealkylation sites (N-methyl/N-ethyl adjacent to an activating group) is 1. The van der Waals surface area contributed by atoms with Crippen molar-refractivity contribution in [3.05, 3.63) is 71.8 Å². The summed E-state index contributed by atoms with van der Waals surface area (Å²) < 4.78 is 0. The molecule has 9 nitrogen and oxygen atoms in total. The number of Topliss-reactive ketones (excluding diaryl/α,β-unsaturated/α-hetero) is 3. The van der Waals surface area contributed by atoms with Gasteiger partial charge in [-0.25, -0.2) is 0 Å². The maximum absolute atomic E-state index is 14.3. The van der Waals surface area contributed by atoms with Crippen molar-refractivity contribution < 1.29 is 24.0 Å². The minimum Gasteiger partial charge on any atom is -0.346 e.